The molecule has 76 valence electrons. The Morgan fingerprint density at radius 3 is 2.54 bits per heavy atom. The molecule has 0 fully saturated rings. The van der Waals surface area contributed by atoms with Gasteiger partial charge in [0.1, 0.15) is 0 Å². The van der Waals surface area contributed by atoms with Crippen molar-refractivity contribution in [1.82, 2.24) is 4.90 Å². The Balaban J connectivity index is 3.91. The predicted molar refractivity (Wildman–Crippen MR) is 59.9 cm³/mol. The van der Waals surface area contributed by atoms with Crippen LogP contribution >= 0.6 is 11.8 Å². The first-order chi connectivity index (χ1) is 6.15. The maximum absolute atomic E-state index is 8.69. The monoisotopic (exact) mass is 200 g/mol. The molecule has 0 saturated heterocycles. The van der Waals surface area contributed by atoms with Gasteiger partial charge in [-0.3, -0.25) is 0 Å². The van der Waals surface area contributed by atoms with Gasteiger partial charge in [-0.1, -0.05) is 6.92 Å². The zero-order valence-electron chi connectivity index (χ0n) is 9.08. The highest BCUT2D eigenvalue weighted by Gasteiger charge is 2.13. The van der Waals surface area contributed by atoms with Gasteiger partial charge >= 0.3 is 0 Å². The molecule has 0 aromatic heterocycles. The van der Waals surface area contributed by atoms with Gasteiger partial charge in [0.15, 0.2) is 0 Å². The van der Waals surface area contributed by atoms with Crippen molar-refractivity contribution in [3.8, 4) is 6.07 Å². The molecule has 0 aliphatic carbocycles. The molecule has 0 aliphatic rings. The molecule has 0 rings (SSSR count). The largest absolute Gasteiger partial charge is 0.301 e. The van der Waals surface area contributed by atoms with Gasteiger partial charge in [0.05, 0.1) is 12.0 Å². The van der Waals surface area contributed by atoms with Gasteiger partial charge < -0.3 is 4.90 Å². The van der Waals surface area contributed by atoms with Crippen LogP contribution in [0, 0.1) is 17.2 Å². The van der Waals surface area contributed by atoms with Crippen LogP contribution in [0.5, 0.6) is 0 Å². The second-order valence-electron chi connectivity index (χ2n) is 3.49. The van der Waals surface area contributed by atoms with Crippen LogP contribution in [0.4, 0.5) is 0 Å². The summed E-state index contributed by atoms with van der Waals surface area (Å²) >= 11 is 1.87. The quantitative estimate of drug-likeness (QED) is 0.658. The molecule has 0 amide bonds. The summed E-state index contributed by atoms with van der Waals surface area (Å²) in [5.41, 5.74) is 0. The fourth-order valence-electron chi connectivity index (χ4n) is 1.37. The summed E-state index contributed by atoms with van der Waals surface area (Å²) in [5.74, 6) is 1.30. The van der Waals surface area contributed by atoms with E-state index in [-0.39, 0.29) is 5.92 Å². The standard InChI is InChI=1S/C10H20N2S/c1-5-10(8-13-4)12(3)7-9(2)6-11/h9-10H,5,7-8H2,1-4H3. The third kappa shape index (κ3) is 5.17. The molecule has 3 heteroatoms. The Labute approximate surface area is 86.3 Å². The first-order valence-corrected chi connectivity index (χ1v) is 6.13. The zero-order valence-corrected chi connectivity index (χ0v) is 9.90. The van der Waals surface area contributed by atoms with E-state index in [1.165, 1.54) is 0 Å². The van der Waals surface area contributed by atoms with E-state index >= 15 is 0 Å². The molecule has 0 heterocycles. The molecule has 0 aromatic carbocycles. The number of hydrogen-bond donors (Lipinski definition) is 0. The highest BCUT2D eigenvalue weighted by Crippen LogP contribution is 2.09. The fourth-order valence-corrected chi connectivity index (χ4v) is 2.25. The minimum absolute atomic E-state index is 0.140. The van der Waals surface area contributed by atoms with Crippen LogP contribution in [0.3, 0.4) is 0 Å². The number of thioether (sulfide) groups is 1. The lowest BCUT2D eigenvalue weighted by atomic mass is 10.1. The van der Waals surface area contributed by atoms with Crippen molar-refractivity contribution in [2.24, 2.45) is 5.92 Å². The van der Waals surface area contributed by atoms with Crippen molar-refractivity contribution < 1.29 is 0 Å². The van der Waals surface area contributed by atoms with E-state index < -0.39 is 0 Å². The van der Waals surface area contributed by atoms with Gasteiger partial charge in [-0.25, -0.2) is 0 Å². The van der Waals surface area contributed by atoms with Gasteiger partial charge in [-0.2, -0.15) is 17.0 Å². The van der Waals surface area contributed by atoms with Gasteiger partial charge in [0, 0.05) is 18.3 Å². The van der Waals surface area contributed by atoms with Crippen LogP contribution in [-0.2, 0) is 0 Å². The molecule has 0 bridgehead atoms. The van der Waals surface area contributed by atoms with Crippen molar-refractivity contribution in [2.45, 2.75) is 26.3 Å². The number of rotatable bonds is 6. The zero-order chi connectivity index (χ0) is 10.3. The second-order valence-corrected chi connectivity index (χ2v) is 4.40. The summed E-state index contributed by atoms with van der Waals surface area (Å²) in [5, 5.41) is 8.69. The molecular formula is C10H20N2S. The van der Waals surface area contributed by atoms with Crippen LogP contribution < -0.4 is 0 Å². The molecule has 0 aliphatic heterocycles. The van der Waals surface area contributed by atoms with Crippen molar-refractivity contribution in [1.29, 1.82) is 5.26 Å². The van der Waals surface area contributed by atoms with E-state index in [0.717, 1.165) is 18.7 Å². The van der Waals surface area contributed by atoms with Crippen LogP contribution in [0.15, 0.2) is 0 Å². The summed E-state index contributed by atoms with van der Waals surface area (Å²) < 4.78 is 0. The van der Waals surface area contributed by atoms with Gasteiger partial charge in [-0.15, -0.1) is 0 Å². The average Bonchev–Trinajstić information content (AvgIpc) is 2.13. The normalized spacial score (nSPS) is 15.4. The van der Waals surface area contributed by atoms with Crippen molar-refractivity contribution in [2.75, 3.05) is 25.6 Å². The first-order valence-electron chi connectivity index (χ1n) is 4.74. The summed E-state index contributed by atoms with van der Waals surface area (Å²) in [6.45, 7) is 5.06. The smallest absolute Gasteiger partial charge is 0.0666 e. The lowest BCUT2D eigenvalue weighted by Crippen LogP contribution is -2.36. The molecule has 0 saturated carbocycles. The van der Waals surface area contributed by atoms with Crippen LogP contribution in [0.2, 0.25) is 0 Å². The second kappa shape index (κ2) is 7.23. The minimum Gasteiger partial charge on any atom is -0.301 e. The lowest BCUT2D eigenvalue weighted by Gasteiger charge is -2.27. The Kier molecular flexibility index (Phi) is 7.12. The van der Waals surface area contributed by atoms with Gasteiger partial charge in [0.2, 0.25) is 0 Å². The van der Waals surface area contributed by atoms with E-state index in [4.69, 9.17) is 5.26 Å². The molecule has 2 atom stereocenters. The minimum atomic E-state index is 0.140. The van der Waals surface area contributed by atoms with Gasteiger partial charge in [-0.05, 0) is 26.6 Å². The van der Waals surface area contributed by atoms with Gasteiger partial charge in [0.25, 0.3) is 0 Å². The highest BCUT2D eigenvalue weighted by molar-refractivity contribution is 7.98. The summed E-state index contributed by atoms with van der Waals surface area (Å²) in [6, 6.07) is 2.88. The molecule has 2 nitrogen and oxygen atoms in total. The van der Waals surface area contributed by atoms with Crippen LogP contribution in [0.1, 0.15) is 20.3 Å². The molecule has 0 N–H and O–H groups in total. The molecule has 0 spiro atoms. The molecule has 13 heavy (non-hydrogen) atoms. The SMILES string of the molecule is CCC(CSC)N(C)CC(C)C#N. The van der Waals surface area contributed by atoms with E-state index in [1.807, 2.05) is 18.7 Å². The Morgan fingerprint density at radius 2 is 2.15 bits per heavy atom. The Hall–Kier alpha value is -0.200. The molecule has 2 unspecified atom stereocenters. The third-order valence-electron chi connectivity index (χ3n) is 2.24. The van der Waals surface area contributed by atoms with E-state index in [9.17, 15) is 0 Å². The average molecular weight is 200 g/mol. The van der Waals surface area contributed by atoms with E-state index in [2.05, 4.69) is 31.2 Å². The molecular weight excluding hydrogens is 180 g/mol. The van der Waals surface area contributed by atoms with E-state index in [0.29, 0.717) is 6.04 Å². The van der Waals surface area contributed by atoms with Crippen molar-refractivity contribution >= 4 is 11.8 Å². The first kappa shape index (κ1) is 12.8. The van der Waals surface area contributed by atoms with Crippen molar-refractivity contribution in [3.05, 3.63) is 0 Å². The topological polar surface area (TPSA) is 27.0 Å². The van der Waals surface area contributed by atoms with E-state index in [1.54, 1.807) is 0 Å². The lowest BCUT2D eigenvalue weighted by molar-refractivity contribution is 0.239. The number of nitrogens with zero attached hydrogens (tertiary/aromatic N) is 2. The highest BCUT2D eigenvalue weighted by atomic mass is 32.2. The maximum atomic E-state index is 8.69. The summed E-state index contributed by atoms with van der Waals surface area (Å²) in [7, 11) is 2.11. The number of hydrogen-bond acceptors (Lipinski definition) is 3. The molecule has 0 aromatic rings. The number of nitriles is 1. The maximum Gasteiger partial charge on any atom is 0.0666 e. The van der Waals surface area contributed by atoms with Crippen LogP contribution in [0.25, 0.3) is 0 Å². The van der Waals surface area contributed by atoms with Crippen molar-refractivity contribution in [3.63, 3.8) is 0 Å². The van der Waals surface area contributed by atoms with Crippen LogP contribution in [-0.4, -0.2) is 36.5 Å². The predicted octanol–water partition coefficient (Wildman–Crippen LogP) is 2.22. The Bertz CT molecular complexity index is 165. The summed E-state index contributed by atoms with van der Waals surface area (Å²) in [4.78, 5) is 2.30. The molecule has 0 radical (unpaired) electrons. The summed E-state index contributed by atoms with van der Waals surface area (Å²) in [6.07, 6.45) is 3.29. The Morgan fingerprint density at radius 1 is 1.54 bits per heavy atom. The third-order valence-corrected chi connectivity index (χ3v) is 2.95. The fraction of sp³-hybridized carbons (Fsp3) is 0.900.